The van der Waals surface area contributed by atoms with E-state index in [1.165, 1.54) is 5.56 Å². The number of fused-ring (bicyclic) bond motifs is 1. The monoisotopic (exact) mass is 246 g/mol. The van der Waals surface area contributed by atoms with Gasteiger partial charge in [-0.15, -0.1) is 0 Å². The van der Waals surface area contributed by atoms with Crippen molar-refractivity contribution < 1.29 is 9.53 Å². The standard InChI is InChI=1S/C14H18N2O2/c17-14-8-10(4-3-7-15-14)16-12-9-18-13-6-2-1-5-11(12)13/h1-2,5-6,10,12,16H,3-4,7-9H2,(H,15,17). The van der Waals surface area contributed by atoms with Gasteiger partial charge in [-0.2, -0.15) is 0 Å². The smallest absolute Gasteiger partial charge is 0.221 e. The molecule has 18 heavy (non-hydrogen) atoms. The molecule has 4 nitrogen and oxygen atoms in total. The average Bonchev–Trinajstić information content (AvgIpc) is 2.66. The van der Waals surface area contributed by atoms with Crippen molar-refractivity contribution in [3.05, 3.63) is 29.8 Å². The SMILES string of the molecule is O=C1CC(NC2COc3ccccc32)CCCN1. The third-order valence-corrected chi connectivity index (χ3v) is 3.62. The van der Waals surface area contributed by atoms with E-state index in [1.54, 1.807) is 0 Å². The summed E-state index contributed by atoms with van der Waals surface area (Å²) in [4.78, 5) is 11.5. The topological polar surface area (TPSA) is 50.4 Å². The van der Waals surface area contributed by atoms with Crippen molar-refractivity contribution >= 4 is 5.91 Å². The van der Waals surface area contributed by atoms with Gasteiger partial charge < -0.3 is 15.4 Å². The first-order valence-corrected chi connectivity index (χ1v) is 6.57. The molecule has 0 aliphatic carbocycles. The van der Waals surface area contributed by atoms with E-state index in [1.807, 2.05) is 18.2 Å². The number of nitrogens with one attached hydrogen (secondary N) is 2. The summed E-state index contributed by atoms with van der Waals surface area (Å²) < 4.78 is 5.65. The van der Waals surface area contributed by atoms with E-state index >= 15 is 0 Å². The van der Waals surface area contributed by atoms with E-state index < -0.39 is 0 Å². The molecule has 2 N–H and O–H groups in total. The molecule has 3 rings (SSSR count). The van der Waals surface area contributed by atoms with Gasteiger partial charge in [0, 0.05) is 24.6 Å². The molecule has 2 aliphatic rings. The number of carbonyl (C=O) groups is 1. The van der Waals surface area contributed by atoms with E-state index in [0.717, 1.165) is 25.1 Å². The molecule has 2 heterocycles. The first kappa shape index (κ1) is 11.5. The van der Waals surface area contributed by atoms with Crippen LogP contribution in [-0.2, 0) is 4.79 Å². The third kappa shape index (κ3) is 2.34. The van der Waals surface area contributed by atoms with E-state index in [9.17, 15) is 4.79 Å². The Labute approximate surface area is 107 Å². The number of benzene rings is 1. The second-order valence-electron chi connectivity index (χ2n) is 4.96. The molecule has 96 valence electrons. The summed E-state index contributed by atoms with van der Waals surface area (Å²) in [5.74, 6) is 1.12. The van der Waals surface area contributed by atoms with Gasteiger partial charge in [0.25, 0.3) is 0 Å². The van der Waals surface area contributed by atoms with Gasteiger partial charge in [-0.05, 0) is 18.9 Å². The molecular formula is C14H18N2O2. The van der Waals surface area contributed by atoms with E-state index in [-0.39, 0.29) is 18.0 Å². The molecule has 0 radical (unpaired) electrons. The molecule has 1 saturated heterocycles. The van der Waals surface area contributed by atoms with Gasteiger partial charge in [0.2, 0.25) is 5.91 Å². The molecule has 0 spiro atoms. The molecule has 0 saturated carbocycles. The van der Waals surface area contributed by atoms with Crippen molar-refractivity contribution in [2.24, 2.45) is 0 Å². The molecule has 0 aromatic heterocycles. The van der Waals surface area contributed by atoms with Crippen molar-refractivity contribution in [3.63, 3.8) is 0 Å². The van der Waals surface area contributed by atoms with Crippen LogP contribution in [0.3, 0.4) is 0 Å². The number of carbonyl (C=O) groups excluding carboxylic acids is 1. The van der Waals surface area contributed by atoms with Gasteiger partial charge in [0.1, 0.15) is 12.4 Å². The number of hydrogen-bond donors (Lipinski definition) is 2. The van der Waals surface area contributed by atoms with E-state index in [4.69, 9.17) is 4.74 Å². The van der Waals surface area contributed by atoms with Crippen molar-refractivity contribution in [3.8, 4) is 5.75 Å². The highest BCUT2D eigenvalue weighted by molar-refractivity contribution is 5.76. The fourth-order valence-electron chi connectivity index (χ4n) is 2.70. The number of hydrogen-bond acceptors (Lipinski definition) is 3. The highest BCUT2D eigenvalue weighted by Crippen LogP contribution is 2.32. The molecule has 2 atom stereocenters. The Kier molecular flexibility index (Phi) is 3.19. The maximum Gasteiger partial charge on any atom is 0.221 e. The second kappa shape index (κ2) is 4.98. The van der Waals surface area contributed by atoms with Crippen molar-refractivity contribution in [2.45, 2.75) is 31.3 Å². The summed E-state index contributed by atoms with van der Waals surface area (Å²) in [6.07, 6.45) is 2.65. The number of para-hydroxylation sites is 1. The molecule has 1 fully saturated rings. The molecule has 1 amide bonds. The highest BCUT2D eigenvalue weighted by Gasteiger charge is 2.27. The van der Waals surface area contributed by atoms with Crippen LogP contribution in [0.1, 0.15) is 30.9 Å². The fraction of sp³-hybridized carbons (Fsp3) is 0.500. The lowest BCUT2D eigenvalue weighted by Gasteiger charge is -2.19. The molecule has 4 heteroatoms. The van der Waals surface area contributed by atoms with Gasteiger partial charge in [-0.1, -0.05) is 18.2 Å². The third-order valence-electron chi connectivity index (χ3n) is 3.62. The second-order valence-corrected chi connectivity index (χ2v) is 4.96. The molecule has 2 unspecified atom stereocenters. The van der Waals surface area contributed by atoms with Gasteiger partial charge in [-0.3, -0.25) is 4.79 Å². The van der Waals surface area contributed by atoms with Gasteiger partial charge in [-0.25, -0.2) is 0 Å². The lowest BCUT2D eigenvalue weighted by atomic mass is 10.0. The largest absolute Gasteiger partial charge is 0.491 e. The summed E-state index contributed by atoms with van der Waals surface area (Å²) in [5.41, 5.74) is 1.21. The molecule has 0 bridgehead atoms. The van der Waals surface area contributed by atoms with Crippen LogP contribution >= 0.6 is 0 Å². The Bertz CT molecular complexity index is 447. The zero-order valence-corrected chi connectivity index (χ0v) is 10.3. The Morgan fingerprint density at radius 1 is 1.33 bits per heavy atom. The summed E-state index contributed by atoms with van der Waals surface area (Å²) in [6, 6.07) is 8.58. The lowest BCUT2D eigenvalue weighted by Crippen LogP contribution is -2.35. The van der Waals surface area contributed by atoms with Crippen molar-refractivity contribution in [1.29, 1.82) is 0 Å². The van der Waals surface area contributed by atoms with Crippen LogP contribution in [-0.4, -0.2) is 25.1 Å². The van der Waals surface area contributed by atoms with Gasteiger partial charge in [0.15, 0.2) is 0 Å². The minimum Gasteiger partial charge on any atom is -0.491 e. The minimum atomic E-state index is 0.150. The number of rotatable bonds is 2. The van der Waals surface area contributed by atoms with Crippen LogP contribution in [0.15, 0.2) is 24.3 Å². The first-order valence-electron chi connectivity index (χ1n) is 6.57. The number of ether oxygens (including phenoxy) is 1. The Morgan fingerprint density at radius 2 is 2.22 bits per heavy atom. The molecule has 1 aromatic rings. The zero-order chi connectivity index (χ0) is 12.4. The van der Waals surface area contributed by atoms with Crippen LogP contribution in [0.5, 0.6) is 5.75 Å². The molecular weight excluding hydrogens is 228 g/mol. The van der Waals surface area contributed by atoms with E-state index in [0.29, 0.717) is 13.0 Å². The summed E-state index contributed by atoms with van der Waals surface area (Å²) in [5, 5.41) is 6.47. The maximum atomic E-state index is 11.5. The van der Waals surface area contributed by atoms with Gasteiger partial charge >= 0.3 is 0 Å². The normalized spacial score (nSPS) is 27.0. The number of amides is 1. The lowest BCUT2D eigenvalue weighted by molar-refractivity contribution is -0.121. The summed E-state index contributed by atoms with van der Waals surface area (Å²) in [6.45, 7) is 1.46. The van der Waals surface area contributed by atoms with Crippen LogP contribution in [0.2, 0.25) is 0 Å². The average molecular weight is 246 g/mol. The Balaban J connectivity index is 1.68. The maximum absolute atomic E-state index is 11.5. The predicted octanol–water partition coefficient (Wildman–Crippen LogP) is 1.38. The molecule has 1 aromatic carbocycles. The zero-order valence-electron chi connectivity index (χ0n) is 10.3. The minimum absolute atomic E-state index is 0.150. The fourth-order valence-corrected chi connectivity index (χ4v) is 2.70. The van der Waals surface area contributed by atoms with Crippen LogP contribution in [0.4, 0.5) is 0 Å². The van der Waals surface area contributed by atoms with Crippen LogP contribution in [0.25, 0.3) is 0 Å². The van der Waals surface area contributed by atoms with E-state index in [2.05, 4.69) is 16.7 Å². The first-order chi connectivity index (χ1) is 8.83. The van der Waals surface area contributed by atoms with Crippen molar-refractivity contribution in [1.82, 2.24) is 10.6 Å². The summed E-state index contributed by atoms with van der Waals surface area (Å²) >= 11 is 0. The van der Waals surface area contributed by atoms with Crippen LogP contribution < -0.4 is 15.4 Å². The molecule has 2 aliphatic heterocycles. The summed E-state index contributed by atoms with van der Waals surface area (Å²) in [7, 11) is 0. The highest BCUT2D eigenvalue weighted by atomic mass is 16.5. The van der Waals surface area contributed by atoms with Crippen LogP contribution in [0, 0.1) is 0 Å². The van der Waals surface area contributed by atoms with Gasteiger partial charge in [0.05, 0.1) is 6.04 Å². The predicted molar refractivity (Wildman–Crippen MR) is 68.5 cm³/mol. The van der Waals surface area contributed by atoms with Crippen molar-refractivity contribution in [2.75, 3.05) is 13.2 Å². The Hall–Kier alpha value is -1.55. The quantitative estimate of drug-likeness (QED) is 0.829. The Morgan fingerprint density at radius 3 is 3.17 bits per heavy atom.